The summed E-state index contributed by atoms with van der Waals surface area (Å²) in [5, 5.41) is 12.0. The number of nitrogens with one attached hydrogen (secondary N) is 1. The van der Waals surface area contributed by atoms with Crippen molar-refractivity contribution < 1.29 is 19.1 Å². The van der Waals surface area contributed by atoms with E-state index in [0.717, 1.165) is 11.3 Å². The standard InChI is InChI=1S/C20H27ClN4O4S/c1-20(2,13-21)18(27)25(11-12-28-3)10-9-16(26)22-19-24-23-17(30-19)14-5-7-15(29-4)8-6-14/h5-8H,9-13H2,1-4H3,(H,22,24,26). The molecular formula is C20H27ClN4O4S. The molecule has 30 heavy (non-hydrogen) atoms. The van der Waals surface area contributed by atoms with Gasteiger partial charge in [-0.3, -0.25) is 9.59 Å². The molecule has 1 aromatic heterocycles. The average Bonchev–Trinajstić information content (AvgIpc) is 3.21. The van der Waals surface area contributed by atoms with Crippen LogP contribution in [0.1, 0.15) is 20.3 Å². The van der Waals surface area contributed by atoms with E-state index in [9.17, 15) is 9.59 Å². The van der Waals surface area contributed by atoms with Crippen LogP contribution in [0.5, 0.6) is 5.75 Å². The Kier molecular flexibility index (Phi) is 9.01. The Labute approximate surface area is 185 Å². The SMILES string of the molecule is COCCN(CCC(=O)Nc1nnc(-c2ccc(OC)cc2)s1)C(=O)C(C)(C)CCl. The zero-order valence-electron chi connectivity index (χ0n) is 17.6. The third-order valence-electron chi connectivity index (χ3n) is 4.38. The Balaban J connectivity index is 1.95. The normalized spacial score (nSPS) is 11.2. The Morgan fingerprint density at radius 2 is 1.87 bits per heavy atom. The van der Waals surface area contributed by atoms with E-state index in [-0.39, 0.29) is 30.7 Å². The van der Waals surface area contributed by atoms with Crippen LogP contribution in [-0.4, -0.2) is 66.7 Å². The molecule has 0 radical (unpaired) electrons. The first-order valence-corrected chi connectivity index (χ1v) is 10.8. The van der Waals surface area contributed by atoms with Gasteiger partial charge in [0.15, 0.2) is 0 Å². The van der Waals surface area contributed by atoms with Crippen molar-refractivity contribution in [3.63, 3.8) is 0 Å². The summed E-state index contributed by atoms with van der Waals surface area (Å²) in [5.41, 5.74) is 0.173. The summed E-state index contributed by atoms with van der Waals surface area (Å²) in [4.78, 5) is 26.7. The van der Waals surface area contributed by atoms with Gasteiger partial charge in [-0.25, -0.2) is 0 Å². The number of amides is 2. The molecule has 2 rings (SSSR count). The fourth-order valence-corrected chi connectivity index (χ4v) is 3.42. The molecule has 0 unspecified atom stereocenters. The predicted molar refractivity (Wildman–Crippen MR) is 118 cm³/mol. The van der Waals surface area contributed by atoms with Gasteiger partial charge in [-0.2, -0.15) is 0 Å². The fraction of sp³-hybridized carbons (Fsp3) is 0.500. The van der Waals surface area contributed by atoms with Crippen LogP contribution in [0.3, 0.4) is 0 Å². The van der Waals surface area contributed by atoms with Crippen molar-refractivity contribution >= 4 is 39.9 Å². The molecule has 10 heteroatoms. The lowest BCUT2D eigenvalue weighted by Gasteiger charge is -2.30. The van der Waals surface area contributed by atoms with Crippen molar-refractivity contribution in [1.82, 2.24) is 15.1 Å². The summed E-state index contributed by atoms with van der Waals surface area (Å²) in [6.45, 7) is 4.60. The maximum atomic E-state index is 12.7. The summed E-state index contributed by atoms with van der Waals surface area (Å²) in [6, 6.07) is 7.43. The highest BCUT2D eigenvalue weighted by Crippen LogP contribution is 2.28. The van der Waals surface area contributed by atoms with Gasteiger partial charge in [-0.1, -0.05) is 11.3 Å². The number of anilines is 1. The number of carbonyl (C=O) groups excluding carboxylic acids is 2. The minimum absolute atomic E-state index is 0.111. The van der Waals surface area contributed by atoms with Gasteiger partial charge < -0.3 is 19.7 Å². The number of carbonyl (C=O) groups is 2. The van der Waals surface area contributed by atoms with Crippen molar-refractivity contribution in [3.05, 3.63) is 24.3 Å². The van der Waals surface area contributed by atoms with Crippen LogP contribution in [0.2, 0.25) is 0 Å². The first-order valence-electron chi connectivity index (χ1n) is 9.42. The predicted octanol–water partition coefficient (Wildman–Crippen LogP) is 3.28. The van der Waals surface area contributed by atoms with E-state index < -0.39 is 5.41 Å². The molecule has 2 amide bonds. The molecule has 0 saturated heterocycles. The summed E-state index contributed by atoms with van der Waals surface area (Å²) in [5.74, 6) is 0.591. The Hall–Kier alpha value is -2.23. The molecule has 0 aliphatic rings. The molecule has 0 aliphatic heterocycles. The molecule has 2 aromatic rings. The maximum Gasteiger partial charge on any atom is 0.229 e. The van der Waals surface area contributed by atoms with Crippen LogP contribution in [0, 0.1) is 5.41 Å². The molecule has 1 heterocycles. The first-order chi connectivity index (χ1) is 14.3. The molecule has 0 bridgehead atoms. The zero-order valence-corrected chi connectivity index (χ0v) is 19.2. The van der Waals surface area contributed by atoms with Gasteiger partial charge in [0.2, 0.25) is 16.9 Å². The van der Waals surface area contributed by atoms with Crippen molar-refractivity contribution in [3.8, 4) is 16.3 Å². The molecule has 1 N–H and O–H groups in total. The van der Waals surface area contributed by atoms with Gasteiger partial charge in [0.05, 0.1) is 19.1 Å². The molecule has 0 fully saturated rings. The van der Waals surface area contributed by atoms with E-state index in [1.54, 1.807) is 33.0 Å². The van der Waals surface area contributed by atoms with E-state index in [0.29, 0.717) is 23.3 Å². The van der Waals surface area contributed by atoms with Crippen LogP contribution >= 0.6 is 22.9 Å². The van der Waals surface area contributed by atoms with Gasteiger partial charge in [0, 0.05) is 38.1 Å². The van der Waals surface area contributed by atoms with E-state index >= 15 is 0 Å². The summed E-state index contributed by atoms with van der Waals surface area (Å²) in [7, 11) is 3.17. The van der Waals surface area contributed by atoms with E-state index in [1.807, 2.05) is 24.3 Å². The lowest BCUT2D eigenvalue weighted by Crippen LogP contribution is -2.44. The van der Waals surface area contributed by atoms with Gasteiger partial charge in [-0.05, 0) is 38.1 Å². The average molecular weight is 455 g/mol. The minimum atomic E-state index is -0.710. The largest absolute Gasteiger partial charge is 0.497 e. The molecular weight excluding hydrogens is 428 g/mol. The van der Waals surface area contributed by atoms with Crippen molar-refractivity contribution in [2.45, 2.75) is 20.3 Å². The number of halogens is 1. The number of hydrogen-bond acceptors (Lipinski definition) is 7. The maximum absolute atomic E-state index is 12.7. The number of alkyl halides is 1. The molecule has 8 nitrogen and oxygen atoms in total. The monoisotopic (exact) mass is 454 g/mol. The molecule has 0 aliphatic carbocycles. The minimum Gasteiger partial charge on any atom is -0.497 e. The number of aromatic nitrogens is 2. The molecule has 1 aromatic carbocycles. The number of ether oxygens (including phenoxy) is 2. The van der Waals surface area contributed by atoms with Crippen molar-refractivity contribution in [1.29, 1.82) is 0 Å². The van der Waals surface area contributed by atoms with Crippen LogP contribution in [0.4, 0.5) is 5.13 Å². The van der Waals surface area contributed by atoms with Gasteiger partial charge in [0.1, 0.15) is 10.8 Å². The Morgan fingerprint density at radius 3 is 2.47 bits per heavy atom. The third kappa shape index (κ3) is 6.65. The smallest absolute Gasteiger partial charge is 0.229 e. The van der Waals surface area contributed by atoms with Crippen molar-refractivity contribution in [2.75, 3.05) is 45.1 Å². The molecule has 0 atom stereocenters. The number of rotatable bonds is 11. The second kappa shape index (κ2) is 11.2. The number of hydrogen-bond donors (Lipinski definition) is 1. The summed E-state index contributed by atoms with van der Waals surface area (Å²) in [6.07, 6.45) is 0.130. The Bertz CT molecular complexity index is 842. The third-order valence-corrected chi connectivity index (χ3v) is 5.94. The van der Waals surface area contributed by atoms with Crippen LogP contribution in [0.15, 0.2) is 24.3 Å². The molecule has 0 spiro atoms. The second-order valence-electron chi connectivity index (χ2n) is 7.24. The van der Waals surface area contributed by atoms with Crippen molar-refractivity contribution in [2.24, 2.45) is 5.41 Å². The summed E-state index contributed by atoms with van der Waals surface area (Å²) < 4.78 is 10.2. The zero-order chi connectivity index (χ0) is 22.1. The van der Waals surface area contributed by atoms with Gasteiger partial charge >= 0.3 is 0 Å². The second-order valence-corrected chi connectivity index (χ2v) is 8.49. The van der Waals surface area contributed by atoms with Crippen LogP contribution < -0.4 is 10.1 Å². The Morgan fingerprint density at radius 1 is 1.17 bits per heavy atom. The number of methoxy groups -OCH3 is 2. The first kappa shape index (κ1) is 24.0. The summed E-state index contributed by atoms with van der Waals surface area (Å²) >= 11 is 7.20. The highest BCUT2D eigenvalue weighted by molar-refractivity contribution is 7.18. The van der Waals surface area contributed by atoms with Gasteiger partial charge in [-0.15, -0.1) is 21.8 Å². The number of nitrogens with zero attached hydrogens (tertiary/aromatic N) is 3. The topological polar surface area (TPSA) is 93.7 Å². The lowest BCUT2D eigenvalue weighted by atomic mass is 9.94. The van der Waals surface area contributed by atoms with Crippen LogP contribution in [0.25, 0.3) is 10.6 Å². The van der Waals surface area contributed by atoms with Crippen LogP contribution in [-0.2, 0) is 14.3 Å². The van der Waals surface area contributed by atoms with E-state index in [1.165, 1.54) is 11.3 Å². The fourth-order valence-electron chi connectivity index (χ4n) is 2.54. The highest BCUT2D eigenvalue weighted by atomic mass is 35.5. The van der Waals surface area contributed by atoms with Gasteiger partial charge in [0.25, 0.3) is 0 Å². The van der Waals surface area contributed by atoms with E-state index in [4.69, 9.17) is 21.1 Å². The highest BCUT2D eigenvalue weighted by Gasteiger charge is 2.31. The molecule has 164 valence electrons. The lowest BCUT2D eigenvalue weighted by molar-refractivity contribution is -0.140. The quantitative estimate of drug-likeness (QED) is 0.523. The molecule has 0 saturated carbocycles. The van der Waals surface area contributed by atoms with E-state index in [2.05, 4.69) is 15.5 Å². The number of benzene rings is 1.